The van der Waals surface area contributed by atoms with Crippen LogP contribution in [0.1, 0.15) is 25.3 Å². The highest BCUT2D eigenvalue weighted by Gasteiger charge is 2.17. The van der Waals surface area contributed by atoms with Gasteiger partial charge in [0.05, 0.1) is 5.69 Å². The predicted molar refractivity (Wildman–Crippen MR) is 64.5 cm³/mol. The Morgan fingerprint density at radius 3 is 2.75 bits per heavy atom. The van der Waals surface area contributed by atoms with Crippen molar-refractivity contribution in [1.82, 2.24) is 4.90 Å². The van der Waals surface area contributed by atoms with Crippen molar-refractivity contribution in [2.75, 3.05) is 18.8 Å². The van der Waals surface area contributed by atoms with Crippen LogP contribution in [-0.2, 0) is 6.54 Å². The van der Waals surface area contributed by atoms with Gasteiger partial charge in [0.15, 0.2) is 5.82 Å². The fourth-order valence-electron chi connectivity index (χ4n) is 2.18. The van der Waals surface area contributed by atoms with Gasteiger partial charge in [0.25, 0.3) is 0 Å². The van der Waals surface area contributed by atoms with Gasteiger partial charge < -0.3 is 5.73 Å². The highest BCUT2D eigenvalue weighted by atomic mass is 19.1. The van der Waals surface area contributed by atoms with Gasteiger partial charge in [-0.1, -0.05) is 19.1 Å². The molecule has 1 aromatic carbocycles. The molecule has 1 saturated heterocycles. The van der Waals surface area contributed by atoms with E-state index in [1.54, 1.807) is 6.07 Å². The summed E-state index contributed by atoms with van der Waals surface area (Å²) in [6.07, 6.45) is 2.42. The number of nitrogen functional groups attached to an aromatic ring is 1. The number of piperidine rings is 1. The van der Waals surface area contributed by atoms with Crippen molar-refractivity contribution < 1.29 is 4.39 Å². The van der Waals surface area contributed by atoms with Gasteiger partial charge in [-0.05, 0) is 37.9 Å². The maximum atomic E-state index is 13.7. The summed E-state index contributed by atoms with van der Waals surface area (Å²) in [5.41, 5.74) is 6.52. The van der Waals surface area contributed by atoms with E-state index in [9.17, 15) is 4.39 Å². The number of hydrogen-bond acceptors (Lipinski definition) is 2. The summed E-state index contributed by atoms with van der Waals surface area (Å²) in [5.74, 6) is 0.558. The summed E-state index contributed by atoms with van der Waals surface area (Å²) in [5, 5.41) is 0. The SMILES string of the molecule is CC1CCN(Cc2cccc(N)c2F)CC1. The number of rotatable bonds is 2. The summed E-state index contributed by atoms with van der Waals surface area (Å²) < 4.78 is 13.7. The maximum absolute atomic E-state index is 13.7. The fourth-order valence-corrected chi connectivity index (χ4v) is 2.18. The topological polar surface area (TPSA) is 29.3 Å². The summed E-state index contributed by atoms with van der Waals surface area (Å²) in [7, 11) is 0. The molecule has 2 rings (SSSR count). The maximum Gasteiger partial charge on any atom is 0.150 e. The Morgan fingerprint density at radius 2 is 2.06 bits per heavy atom. The molecule has 2 N–H and O–H groups in total. The largest absolute Gasteiger partial charge is 0.396 e. The standard InChI is InChI=1S/C13H19FN2/c1-10-5-7-16(8-6-10)9-11-3-2-4-12(15)13(11)14/h2-4,10H,5-9,15H2,1H3. The van der Waals surface area contributed by atoms with Crippen molar-refractivity contribution in [3.8, 4) is 0 Å². The van der Waals surface area contributed by atoms with Gasteiger partial charge in [-0.3, -0.25) is 4.90 Å². The predicted octanol–water partition coefficient (Wildman–Crippen LogP) is 2.64. The minimum atomic E-state index is -0.249. The molecular weight excluding hydrogens is 203 g/mol. The van der Waals surface area contributed by atoms with E-state index in [0.29, 0.717) is 6.54 Å². The zero-order chi connectivity index (χ0) is 11.5. The zero-order valence-electron chi connectivity index (χ0n) is 9.75. The molecule has 0 saturated carbocycles. The number of benzene rings is 1. The van der Waals surface area contributed by atoms with Crippen LogP contribution in [0.15, 0.2) is 18.2 Å². The third-order valence-electron chi connectivity index (χ3n) is 3.38. The summed E-state index contributed by atoms with van der Waals surface area (Å²) in [6.45, 7) is 5.09. The molecule has 0 amide bonds. The van der Waals surface area contributed by atoms with Crippen molar-refractivity contribution >= 4 is 5.69 Å². The molecule has 1 heterocycles. The Balaban J connectivity index is 2.01. The Morgan fingerprint density at radius 1 is 1.38 bits per heavy atom. The molecule has 2 nitrogen and oxygen atoms in total. The normalized spacial score (nSPS) is 18.9. The van der Waals surface area contributed by atoms with Crippen LogP contribution in [0.5, 0.6) is 0 Å². The number of likely N-dealkylation sites (tertiary alicyclic amines) is 1. The highest BCUT2D eigenvalue weighted by Crippen LogP contribution is 2.21. The molecule has 1 aliphatic rings. The van der Waals surface area contributed by atoms with Gasteiger partial charge in [-0.15, -0.1) is 0 Å². The first-order valence-corrected chi connectivity index (χ1v) is 5.92. The fraction of sp³-hybridized carbons (Fsp3) is 0.538. The molecule has 1 aliphatic heterocycles. The Bertz CT molecular complexity index is 357. The van der Waals surface area contributed by atoms with Crippen molar-refractivity contribution in [3.63, 3.8) is 0 Å². The van der Waals surface area contributed by atoms with Gasteiger partial charge in [-0.2, -0.15) is 0 Å². The van der Waals surface area contributed by atoms with Crippen LogP contribution in [-0.4, -0.2) is 18.0 Å². The Hall–Kier alpha value is -1.09. The molecule has 1 aromatic rings. The van der Waals surface area contributed by atoms with Crippen molar-refractivity contribution in [1.29, 1.82) is 0 Å². The quantitative estimate of drug-likeness (QED) is 0.779. The lowest BCUT2D eigenvalue weighted by Gasteiger charge is -2.30. The minimum absolute atomic E-state index is 0.249. The zero-order valence-corrected chi connectivity index (χ0v) is 9.75. The first-order valence-electron chi connectivity index (χ1n) is 5.92. The van der Waals surface area contributed by atoms with Crippen LogP contribution in [0, 0.1) is 11.7 Å². The van der Waals surface area contributed by atoms with E-state index < -0.39 is 0 Å². The third-order valence-corrected chi connectivity index (χ3v) is 3.38. The molecular formula is C13H19FN2. The van der Waals surface area contributed by atoms with Crippen molar-refractivity contribution in [2.45, 2.75) is 26.3 Å². The lowest BCUT2D eigenvalue weighted by atomic mass is 9.99. The Labute approximate surface area is 96.2 Å². The average molecular weight is 222 g/mol. The van der Waals surface area contributed by atoms with Gasteiger partial charge in [0, 0.05) is 12.1 Å². The van der Waals surface area contributed by atoms with Gasteiger partial charge in [0.2, 0.25) is 0 Å². The second kappa shape index (κ2) is 4.83. The number of halogens is 1. The first kappa shape index (κ1) is 11.4. The summed E-state index contributed by atoms with van der Waals surface area (Å²) in [6, 6.07) is 5.25. The number of hydrogen-bond donors (Lipinski definition) is 1. The van der Waals surface area contributed by atoms with E-state index in [4.69, 9.17) is 5.73 Å². The van der Waals surface area contributed by atoms with E-state index >= 15 is 0 Å². The van der Waals surface area contributed by atoms with Crippen LogP contribution in [0.4, 0.5) is 10.1 Å². The van der Waals surface area contributed by atoms with Crippen molar-refractivity contribution in [3.05, 3.63) is 29.6 Å². The average Bonchev–Trinajstić information content (AvgIpc) is 2.28. The van der Waals surface area contributed by atoms with Crippen LogP contribution in [0.25, 0.3) is 0 Å². The molecule has 0 unspecified atom stereocenters. The smallest absolute Gasteiger partial charge is 0.150 e. The second-order valence-electron chi connectivity index (χ2n) is 4.78. The van der Waals surface area contributed by atoms with E-state index in [1.807, 2.05) is 12.1 Å². The van der Waals surface area contributed by atoms with E-state index in [0.717, 1.165) is 24.6 Å². The molecule has 0 aliphatic carbocycles. The number of nitrogens with zero attached hydrogens (tertiary/aromatic N) is 1. The summed E-state index contributed by atoms with van der Waals surface area (Å²) >= 11 is 0. The summed E-state index contributed by atoms with van der Waals surface area (Å²) in [4.78, 5) is 2.30. The van der Waals surface area contributed by atoms with Gasteiger partial charge >= 0.3 is 0 Å². The van der Waals surface area contributed by atoms with Crippen LogP contribution in [0.3, 0.4) is 0 Å². The minimum Gasteiger partial charge on any atom is -0.396 e. The van der Waals surface area contributed by atoms with E-state index in [-0.39, 0.29) is 11.5 Å². The van der Waals surface area contributed by atoms with Gasteiger partial charge in [0.1, 0.15) is 0 Å². The van der Waals surface area contributed by atoms with Gasteiger partial charge in [-0.25, -0.2) is 4.39 Å². The molecule has 0 bridgehead atoms. The van der Waals surface area contributed by atoms with Crippen LogP contribution >= 0.6 is 0 Å². The third kappa shape index (κ3) is 2.53. The molecule has 3 heteroatoms. The second-order valence-corrected chi connectivity index (χ2v) is 4.78. The number of nitrogens with two attached hydrogens (primary N) is 1. The van der Waals surface area contributed by atoms with E-state index in [1.165, 1.54) is 12.8 Å². The molecule has 0 atom stereocenters. The van der Waals surface area contributed by atoms with E-state index in [2.05, 4.69) is 11.8 Å². The molecule has 0 radical (unpaired) electrons. The van der Waals surface area contributed by atoms with Crippen molar-refractivity contribution in [2.24, 2.45) is 5.92 Å². The van der Waals surface area contributed by atoms with Crippen LogP contribution < -0.4 is 5.73 Å². The monoisotopic (exact) mass is 222 g/mol. The molecule has 0 spiro atoms. The molecule has 0 aromatic heterocycles. The first-order chi connectivity index (χ1) is 7.66. The Kier molecular flexibility index (Phi) is 3.44. The molecule has 16 heavy (non-hydrogen) atoms. The molecule has 88 valence electrons. The lowest BCUT2D eigenvalue weighted by molar-refractivity contribution is 0.183. The van der Waals surface area contributed by atoms with Crippen LogP contribution in [0.2, 0.25) is 0 Å². The highest BCUT2D eigenvalue weighted by molar-refractivity contribution is 5.42. The lowest BCUT2D eigenvalue weighted by Crippen LogP contribution is -2.32. The number of anilines is 1. The molecule has 1 fully saturated rings.